The summed E-state index contributed by atoms with van der Waals surface area (Å²) in [5.41, 5.74) is 0.474. The molecular formula is C8H11N3O3. The quantitative estimate of drug-likeness (QED) is 0.583. The van der Waals surface area contributed by atoms with Gasteiger partial charge >= 0.3 is 0 Å². The number of hydrogen-bond acceptors (Lipinski definition) is 5. The van der Waals surface area contributed by atoms with Gasteiger partial charge in [0.15, 0.2) is 0 Å². The maximum Gasteiger partial charge on any atom is 0.269 e. The summed E-state index contributed by atoms with van der Waals surface area (Å²) in [7, 11) is 3.31. The predicted octanol–water partition coefficient (Wildman–Crippen LogP) is 1.27. The van der Waals surface area contributed by atoms with E-state index in [9.17, 15) is 15.3 Å². The number of benzene rings is 1. The molecule has 0 aromatic heterocycles. The molecule has 0 unspecified atom stereocenters. The first kappa shape index (κ1) is 10.4. The normalized spacial score (nSPS) is 10.3. The minimum atomic E-state index is -0.485. The smallest absolute Gasteiger partial charge is 0.269 e. The SMILES string of the molecule is CN(C)N(O)c1ccc([N+](=O)[O-])cc1. The second kappa shape index (κ2) is 4.03. The summed E-state index contributed by atoms with van der Waals surface area (Å²) in [6.07, 6.45) is 0. The Morgan fingerprint density at radius 1 is 1.29 bits per heavy atom. The van der Waals surface area contributed by atoms with Crippen molar-refractivity contribution < 1.29 is 10.1 Å². The second-order valence-electron chi connectivity index (χ2n) is 2.91. The number of rotatable bonds is 3. The molecule has 0 aliphatic rings. The van der Waals surface area contributed by atoms with Crippen molar-refractivity contribution in [2.45, 2.75) is 0 Å². The second-order valence-corrected chi connectivity index (χ2v) is 2.91. The van der Waals surface area contributed by atoms with E-state index in [2.05, 4.69) is 0 Å². The van der Waals surface area contributed by atoms with Gasteiger partial charge in [-0.3, -0.25) is 15.3 Å². The first-order chi connectivity index (χ1) is 6.52. The third kappa shape index (κ3) is 2.18. The average molecular weight is 197 g/mol. The molecule has 1 rings (SSSR count). The zero-order valence-corrected chi connectivity index (χ0v) is 7.91. The van der Waals surface area contributed by atoms with E-state index in [0.29, 0.717) is 5.69 Å². The highest BCUT2D eigenvalue weighted by Gasteiger charge is 2.08. The highest BCUT2D eigenvalue weighted by molar-refractivity contribution is 5.47. The van der Waals surface area contributed by atoms with Crippen LogP contribution in [0.25, 0.3) is 0 Å². The van der Waals surface area contributed by atoms with Gasteiger partial charge < -0.3 is 0 Å². The lowest BCUT2D eigenvalue weighted by Gasteiger charge is -2.23. The molecule has 0 aliphatic heterocycles. The highest BCUT2D eigenvalue weighted by atomic mass is 16.6. The van der Waals surface area contributed by atoms with Crippen molar-refractivity contribution in [1.29, 1.82) is 0 Å². The van der Waals surface area contributed by atoms with Crippen LogP contribution in [0.3, 0.4) is 0 Å². The first-order valence-corrected chi connectivity index (χ1v) is 3.93. The van der Waals surface area contributed by atoms with Gasteiger partial charge in [0.25, 0.3) is 5.69 Å². The van der Waals surface area contributed by atoms with E-state index in [0.717, 1.165) is 5.17 Å². The lowest BCUT2D eigenvalue weighted by Crippen LogP contribution is -2.33. The number of anilines is 1. The fourth-order valence-corrected chi connectivity index (χ4v) is 0.939. The molecule has 6 heteroatoms. The molecule has 6 nitrogen and oxygen atoms in total. The van der Waals surface area contributed by atoms with Gasteiger partial charge in [0.2, 0.25) is 0 Å². The highest BCUT2D eigenvalue weighted by Crippen LogP contribution is 2.18. The van der Waals surface area contributed by atoms with Crippen molar-refractivity contribution in [3.63, 3.8) is 0 Å². The Balaban J connectivity index is 2.88. The van der Waals surface area contributed by atoms with Crippen LogP contribution in [0.2, 0.25) is 0 Å². The van der Waals surface area contributed by atoms with Gasteiger partial charge in [-0.15, -0.1) is 0 Å². The molecular weight excluding hydrogens is 186 g/mol. The molecule has 0 saturated heterocycles. The molecule has 0 saturated carbocycles. The Morgan fingerprint density at radius 2 is 1.79 bits per heavy atom. The van der Waals surface area contributed by atoms with Crippen LogP contribution in [0.1, 0.15) is 0 Å². The van der Waals surface area contributed by atoms with E-state index in [-0.39, 0.29) is 5.69 Å². The van der Waals surface area contributed by atoms with Crippen molar-refractivity contribution in [3.05, 3.63) is 34.4 Å². The molecule has 0 aliphatic carbocycles. The molecule has 0 atom stereocenters. The Bertz CT molecular complexity index is 323. The van der Waals surface area contributed by atoms with E-state index < -0.39 is 4.92 Å². The lowest BCUT2D eigenvalue weighted by molar-refractivity contribution is -0.384. The summed E-state index contributed by atoms with van der Waals surface area (Å²) in [6.45, 7) is 0. The summed E-state index contributed by atoms with van der Waals surface area (Å²) in [5, 5.41) is 22.1. The minimum absolute atomic E-state index is 0.000839. The van der Waals surface area contributed by atoms with E-state index in [1.165, 1.54) is 29.3 Å². The van der Waals surface area contributed by atoms with Gasteiger partial charge in [-0.05, 0) is 12.1 Å². The van der Waals surface area contributed by atoms with Crippen LogP contribution >= 0.6 is 0 Å². The minimum Gasteiger partial charge on any atom is -0.273 e. The van der Waals surface area contributed by atoms with Gasteiger partial charge in [-0.25, -0.2) is 5.01 Å². The van der Waals surface area contributed by atoms with E-state index >= 15 is 0 Å². The topological polar surface area (TPSA) is 69.8 Å². The fourth-order valence-electron chi connectivity index (χ4n) is 0.939. The molecule has 0 amide bonds. The zero-order chi connectivity index (χ0) is 10.7. The molecule has 14 heavy (non-hydrogen) atoms. The van der Waals surface area contributed by atoms with Gasteiger partial charge in [-0.2, -0.15) is 5.17 Å². The molecule has 0 bridgehead atoms. The van der Waals surface area contributed by atoms with Gasteiger partial charge in [0, 0.05) is 26.2 Å². The fraction of sp³-hybridized carbons (Fsp3) is 0.250. The number of nitrogens with zero attached hydrogens (tertiary/aromatic N) is 3. The van der Waals surface area contributed by atoms with Crippen LogP contribution in [0.4, 0.5) is 11.4 Å². The average Bonchev–Trinajstić information content (AvgIpc) is 2.16. The molecule has 76 valence electrons. The summed E-state index contributed by atoms with van der Waals surface area (Å²) in [4.78, 5) is 9.85. The molecule has 0 spiro atoms. The molecule has 1 aromatic rings. The maximum absolute atomic E-state index is 10.3. The van der Waals surface area contributed by atoms with Crippen LogP contribution in [-0.2, 0) is 0 Å². The summed E-state index contributed by atoms with van der Waals surface area (Å²) >= 11 is 0. The molecule has 0 fully saturated rings. The van der Waals surface area contributed by atoms with Crippen LogP contribution < -0.4 is 5.17 Å². The maximum atomic E-state index is 10.3. The molecule has 0 heterocycles. The number of nitro groups is 1. The summed E-state index contributed by atoms with van der Waals surface area (Å²) in [6, 6.07) is 5.61. The number of non-ortho nitro benzene ring substituents is 1. The zero-order valence-electron chi connectivity index (χ0n) is 7.91. The Morgan fingerprint density at radius 3 is 2.14 bits per heavy atom. The van der Waals surface area contributed by atoms with Crippen molar-refractivity contribution in [1.82, 2.24) is 5.01 Å². The van der Waals surface area contributed by atoms with Gasteiger partial charge in [0.1, 0.15) is 0 Å². The summed E-state index contributed by atoms with van der Waals surface area (Å²) < 4.78 is 0. The van der Waals surface area contributed by atoms with E-state index in [1.807, 2.05) is 0 Å². The molecule has 0 radical (unpaired) electrons. The van der Waals surface area contributed by atoms with E-state index in [4.69, 9.17) is 0 Å². The number of hydrazine groups is 1. The first-order valence-electron chi connectivity index (χ1n) is 3.93. The largest absolute Gasteiger partial charge is 0.273 e. The van der Waals surface area contributed by atoms with Gasteiger partial charge in [0.05, 0.1) is 10.6 Å². The monoisotopic (exact) mass is 197 g/mol. The molecule has 1 N–H and O–H groups in total. The standard InChI is InChI=1S/C8H11N3O3/c1-9(2)10(12)7-3-5-8(6-4-7)11(13)14/h3-6,12H,1-2H3. The van der Waals surface area contributed by atoms with E-state index in [1.54, 1.807) is 14.1 Å². The number of hydrogen-bond donors (Lipinski definition) is 1. The van der Waals surface area contributed by atoms with Crippen LogP contribution in [0.5, 0.6) is 0 Å². The predicted molar refractivity (Wildman–Crippen MR) is 51.0 cm³/mol. The van der Waals surface area contributed by atoms with Crippen LogP contribution in [-0.4, -0.2) is 29.2 Å². The van der Waals surface area contributed by atoms with Crippen molar-refractivity contribution in [2.75, 3.05) is 19.3 Å². The van der Waals surface area contributed by atoms with Crippen LogP contribution in [0.15, 0.2) is 24.3 Å². The van der Waals surface area contributed by atoms with Gasteiger partial charge in [-0.1, -0.05) is 0 Å². The third-order valence-corrected chi connectivity index (χ3v) is 1.67. The lowest BCUT2D eigenvalue weighted by atomic mass is 10.3. The van der Waals surface area contributed by atoms with Crippen molar-refractivity contribution in [3.8, 4) is 0 Å². The summed E-state index contributed by atoms with van der Waals surface area (Å²) in [5.74, 6) is 0. The number of nitro benzene ring substituents is 1. The van der Waals surface area contributed by atoms with Crippen molar-refractivity contribution >= 4 is 11.4 Å². The Kier molecular flexibility index (Phi) is 3.00. The Labute approximate surface area is 81.1 Å². The Hall–Kier alpha value is -1.66. The third-order valence-electron chi connectivity index (χ3n) is 1.67. The van der Waals surface area contributed by atoms with Crippen molar-refractivity contribution in [2.24, 2.45) is 0 Å². The molecule has 1 aromatic carbocycles. The van der Waals surface area contributed by atoms with Crippen LogP contribution in [0, 0.1) is 10.1 Å².